The van der Waals surface area contributed by atoms with E-state index in [0.29, 0.717) is 52.9 Å². The van der Waals surface area contributed by atoms with Gasteiger partial charge in [-0.2, -0.15) is 0 Å². The second-order valence-electron chi connectivity index (χ2n) is 10.3. The maximum atomic E-state index is 11.3. The molecule has 12 nitrogen and oxygen atoms in total. The van der Waals surface area contributed by atoms with Gasteiger partial charge in [-0.1, -0.05) is 6.92 Å². The van der Waals surface area contributed by atoms with Crippen LogP contribution in [0.3, 0.4) is 0 Å². The van der Waals surface area contributed by atoms with Crippen LogP contribution < -0.4 is 28.4 Å². The summed E-state index contributed by atoms with van der Waals surface area (Å²) in [5.74, 6) is 1.98. The second kappa shape index (κ2) is 16.6. The zero-order valence-electron chi connectivity index (χ0n) is 25.3. The van der Waals surface area contributed by atoms with Gasteiger partial charge >= 0.3 is 0 Å². The summed E-state index contributed by atoms with van der Waals surface area (Å²) in [4.78, 5) is 0. The highest BCUT2D eigenvalue weighted by Crippen LogP contribution is 2.41. The monoisotopic (exact) mass is 598 g/mol. The quantitative estimate of drug-likeness (QED) is 0.144. The Labute approximate surface area is 247 Å². The minimum absolute atomic E-state index is 0.0632. The van der Waals surface area contributed by atoms with Crippen molar-refractivity contribution in [2.24, 2.45) is 11.8 Å². The van der Waals surface area contributed by atoms with Crippen LogP contribution in [0.5, 0.6) is 34.5 Å². The van der Waals surface area contributed by atoms with Crippen LogP contribution in [0.25, 0.3) is 0 Å². The Morgan fingerprint density at radius 2 is 0.929 bits per heavy atom. The Hall–Kier alpha value is -3.00. The molecule has 42 heavy (non-hydrogen) atoms. The average Bonchev–Trinajstić information content (AvgIpc) is 3.01. The standard InChI is InChI=1S/C30H46O12/c1-16(8-17-11-21(37-2)29(41-6)22(12-17)38-3)9-19(25(33)27(35)28(36)26(34)20(32)15-31)10-18-13-23(39-4)30(42-7)24(14-18)40-5/h11-14,16,19-20,25-28,31-36H,8-10,15H2,1-7H3/t16?,19?,20-,25?,26+,27+,28-/m0/s1. The summed E-state index contributed by atoms with van der Waals surface area (Å²) in [6, 6.07) is 7.15. The van der Waals surface area contributed by atoms with Crippen molar-refractivity contribution >= 4 is 0 Å². The number of methoxy groups -OCH3 is 6. The molecule has 0 aliphatic rings. The maximum absolute atomic E-state index is 11.3. The van der Waals surface area contributed by atoms with Gasteiger partial charge < -0.3 is 59.1 Å². The molecule has 0 radical (unpaired) electrons. The molecule has 0 amide bonds. The zero-order chi connectivity index (χ0) is 31.6. The minimum atomic E-state index is -1.92. The van der Waals surface area contributed by atoms with E-state index in [1.807, 2.05) is 19.1 Å². The van der Waals surface area contributed by atoms with Crippen LogP contribution in [0.2, 0.25) is 0 Å². The van der Waals surface area contributed by atoms with E-state index in [9.17, 15) is 25.5 Å². The van der Waals surface area contributed by atoms with Gasteiger partial charge in [0.05, 0.1) is 55.4 Å². The van der Waals surface area contributed by atoms with Crippen molar-refractivity contribution in [1.82, 2.24) is 0 Å². The largest absolute Gasteiger partial charge is 0.493 e. The lowest BCUT2D eigenvalue weighted by atomic mass is 9.80. The Kier molecular flexibility index (Phi) is 13.9. The van der Waals surface area contributed by atoms with Crippen molar-refractivity contribution in [3.8, 4) is 34.5 Å². The van der Waals surface area contributed by atoms with Gasteiger partial charge in [0, 0.05) is 0 Å². The van der Waals surface area contributed by atoms with Crippen LogP contribution in [-0.2, 0) is 12.8 Å². The molecular weight excluding hydrogens is 552 g/mol. The summed E-state index contributed by atoms with van der Waals surface area (Å²) >= 11 is 0. The molecule has 6 N–H and O–H groups in total. The van der Waals surface area contributed by atoms with Crippen LogP contribution in [0, 0.1) is 11.8 Å². The fraction of sp³-hybridized carbons (Fsp3) is 0.600. The fourth-order valence-electron chi connectivity index (χ4n) is 5.17. The van der Waals surface area contributed by atoms with Crippen molar-refractivity contribution in [3.05, 3.63) is 35.4 Å². The number of aliphatic hydroxyl groups is 6. The summed E-state index contributed by atoms with van der Waals surface area (Å²) in [6.45, 7) is 1.15. The van der Waals surface area contributed by atoms with E-state index in [0.717, 1.165) is 5.56 Å². The summed E-state index contributed by atoms with van der Waals surface area (Å²) in [5.41, 5.74) is 1.59. The molecule has 2 rings (SSSR count). The molecule has 12 heteroatoms. The third-order valence-electron chi connectivity index (χ3n) is 7.35. The van der Waals surface area contributed by atoms with Gasteiger partial charge in [0.2, 0.25) is 11.5 Å². The Bertz CT molecular complexity index is 1060. The average molecular weight is 599 g/mol. The maximum Gasteiger partial charge on any atom is 0.203 e. The molecule has 0 fully saturated rings. The van der Waals surface area contributed by atoms with Crippen molar-refractivity contribution in [2.75, 3.05) is 49.3 Å². The van der Waals surface area contributed by atoms with E-state index in [1.165, 1.54) is 42.7 Å². The highest BCUT2D eigenvalue weighted by molar-refractivity contribution is 5.54. The first-order valence-corrected chi connectivity index (χ1v) is 13.6. The van der Waals surface area contributed by atoms with Gasteiger partial charge in [-0.3, -0.25) is 0 Å². The van der Waals surface area contributed by atoms with E-state index in [1.54, 1.807) is 12.1 Å². The normalized spacial score (nSPS) is 16.4. The smallest absolute Gasteiger partial charge is 0.203 e. The van der Waals surface area contributed by atoms with Crippen LogP contribution in [0.15, 0.2) is 24.3 Å². The first kappa shape index (κ1) is 35.2. The molecule has 238 valence electrons. The SMILES string of the molecule is COc1cc(CC(C)CC(Cc2cc(OC)c(OC)c(OC)c2)C(O)[C@@H](O)[C@@H](O)[C@H](O)[C@@H](O)CO)cc(OC)c1OC. The molecular formula is C30H46O12. The summed E-state index contributed by atoms with van der Waals surface area (Å²) in [7, 11) is 9.04. The Morgan fingerprint density at radius 1 is 0.548 bits per heavy atom. The van der Waals surface area contributed by atoms with E-state index in [-0.39, 0.29) is 12.3 Å². The van der Waals surface area contributed by atoms with Crippen LogP contribution in [0.1, 0.15) is 24.5 Å². The molecule has 0 bridgehead atoms. The molecule has 3 unspecified atom stereocenters. The van der Waals surface area contributed by atoms with Gasteiger partial charge in [0.15, 0.2) is 23.0 Å². The number of ether oxygens (including phenoxy) is 6. The summed E-state index contributed by atoms with van der Waals surface area (Å²) in [5, 5.41) is 61.8. The molecule has 0 aromatic heterocycles. The number of hydrogen-bond donors (Lipinski definition) is 6. The van der Waals surface area contributed by atoms with Crippen LogP contribution >= 0.6 is 0 Å². The first-order chi connectivity index (χ1) is 20.0. The van der Waals surface area contributed by atoms with Gasteiger partial charge in [0.25, 0.3) is 0 Å². The molecule has 0 aliphatic carbocycles. The summed E-state index contributed by atoms with van der Waals surface area (Å²) < 4.78 is 32.7. The van der Waals surface area contributed by atoms with Crippen molar-refractivity contribution in [3.63, 3.8) is 0 Å². The third kappa shape index (κ3) is 8.52. The Morgan fingerprint density at radius 3 is 1.29 bits per heavy atom. The molecule has 0 saturated heterocycles. The minimum Gasteiger partial charge on any atom is -0.493 e. The molecule has 0 spiro atoms. The Balaban J connectivity index is 2.43. The predicted molar refractivity (Wildman–Crippen MR) is 154 cm³/mol. The lowest BCUT2D eigenvalue weighted by Gasteiger charge is -2.34. The first-order valence-electron chi connectivity index (χ1n) is 13.6. The molecule has 0 heterocycles. The van der Waals surface area contributed by atoms with E-state index in [4.69, 9.17) is 33.5 Å². The highest BCUT2D eigenvalue weighted by Gasteiger charge is 2.38. The second-order valence-corrected chi connectivity index (χ2v) is 10.3. The van der Waals surface area contributed by atoms with E-state index in [2.05, 4.69) is 0 Å². The number of aliphatic hydroxyl groups excluding tert-OH is 6. The topological polar surface area (TPSA) is 177 Å². The van der Waals surface area contributed by atoms with Crippen LogP contribution in [0.4, 0.5) is 0 Å². The van der Waals surface area contributed by atoms with Crippen molar-refractivity contribution < 1.29 is 59.1 Å². The summed E-state index contributed by atoms with van der Waals surface area (Å²) in [6.07, 6.45) is -7.72. The van der Waals surface area contributed by atoms with Gasteiger partial charge in [-0.05, 0) is 66.5 Å². The van der Waals surface area contributed by atoms with E-state index >= 15 is 0 Å². The lowest BCUT2D eigenvalue weighted by molar-refractivity contribution is -0.149. The third-order valence-corrected chi connectivity index (χ3v) is 7.35. The van der Waals surface area contributed by atoms with E-state index < -0.39 is 43.0 Å². The van der Waals surface area contributed by atoms with Gasteiger partial charge in [0.1, 0.15) is 24.4 Å². The number of hydrogen-bond acceptors (Lipinski definition) is 12. The van der Waals surface area contributed by atoms with Gasteiger partial charge in [-0.15, -0.1) is 0 Å². The van der Waals surface area contributed by atoms with Crippen molar-refractivity contribution in [2.45, 2.75) is 56.7 Å². The number of rotatable bonds is 18. The molecule has 7 atom stereocenters. The molecule has 2 aromatic carbocycles. The molecule has 0 saturated carbocycles. The fourth-order valence-corrected chi connectivity index (χ4v) is 5.17. The molecule has 2 aromatic rings. The number of benzene rings is 2. The van der Waals surface area contributed by atoms with Crippen LogP contribution in [-0.4, -0.2) is 110 Å². The van der Waals surface area contributed by atoms with Crippen molar-refractivity contribution in [1.29, 1.82) is 0 Å². The molecule has 0 aliphatic heterocycles. The van der Waals surface area contributed by atoms with Gasteiger partial charge in [-0.25, -0.2) is 0 Å². The highest BCUT2D eigenvalue weighted by atomic mass is 16.5. The predicted octanol–water partition coefficient (Wildman–Crippen LogP) is 0.963. The lowest BCUT2D eigenvalue weighted by Crippen LogP contribution is -2.52. The zero-order valence-corrected chi connectivity index (χ0v) is 25.3.